The number of hydrogen-bond donors (Lipinski definition) is 1. The molecule has 2 aromatic rings. The zero-order valence-corrected chi connectivity index (χ0v) is 16.8. The van der Waals surface area contributed by atoms with E-state index in [4.69, 9.17) is 0 Å². The van der Waals surface area contributed by atoms with Crippen LogP contribution >= 0.6 is 23.7 Å². The second-order valence-electron chi connectivity index (χ2n) is 7.09. The molecule has 7 nitrogen and oxygen atoms in total. The second kappa shape index (κ2) is 8.02. The fraction of sp³-hybridized carbons (Fsp3) is 0.647. The number of fused-ring (bicyclic) bond motifs is 1. The quantitative estimate of drug-likeness (QED) is 0.862. The van der Waals surface area contributed by atoms with Crippen molar-refractivity contribution in [3.63, 3.8) is 0 Å². The molecule has 0 saturated carbocycles. The molecule has 4 rings (SSSR count). The van der Waals surface area contributed by atoms with E-state index < -0.39 is 0 Å². The number of thiazole rings is 1. The van der Waals surface area contributed by atoms with Crippen LogP contribution in [0.5, 0.6) is 0 Å². The Morgan fingerprint density at radius 2 is 2.04 bits per heavy atom. The van der Waals surface area contributed by atoms with Crippen molar-refractivity contribution in [2.75, 3.05) is 19.6 Å². The van der Waals surface area contributed by atoms with Crippen LogP contribution in [-0.2, 0) is 13.1 Å². The van der Waals surface area contributed by atoms with Gasteiger partial charge in [-0.15, -0.1) is 33.9 Å². The van der Waals surface area contributed by atoms with Crippen molar-refractivity contribution >= 4 is 29.7 Å². The van der Waals surface area contributed by atoms with Gasteiger partial charge in [-0.3, -0.25) is 4.79 Å². The maximum Gasteiger partial charge on any atom is 0.265 e. The summed E-state index contributed by atoms with van der Waals surface area (Å²) in [7, 11) is 0. The number of halogens is 1. The van der Waals surface area contributed by atoms with Gasteiger partial charge in [0.05, 0.1) is 17.7 Å². The lowest BCUT2D eigenvalue weighted by Gasteiger charge is -2.31. The molecule has 2 aromatic heterocycles. The van der Waals surface area contributed by atoms with Gasteiger partial charge in [0.25, 0.3) is 5.91 Å². The molecule has 1 fully saturated rings. The van der Waals surface area contributed by atoms with Crippen LogP contribution in [0.4, 0.5) is 0 Å². The molecule has 142 valence electrons. The van der Waals surface area contributed by atoms with Crippen LogP contribution in [0.2, 0.25) is 0 Å². The van der Waals surface area contributed by atoms with Crippen molar-refractivity contribution in [2.45, 2.75) is 51.6 Å². The first kappa shape index (κ1) is 19.3. The Balaban J connectivity index is 0.00000196. The SMILES string of the molecule is CC(C)c1ncc(C(=O)N2CCC(c3nnc4n3CCNC4)CC2)s1.Cl. The highest BCUT2D eigenvalue weighted by Gasteiger charge is 2.29. The number of nitrogens with zero attached hydrogens (tertiary/aromatic N) is 5. The molecular formula is C17H25ClN6OS. The fourth-order valence-corrected chi connectivity index (χ4v) is 4.45. The maximum absolute atomic E-state index is 12.7. The van der Waals surface area contributed by atoms with E-state index in [0.29, 0.717) is 11.8 Å². The smallest absolute Gasteiger partial charge is 0.265 e. The molecule has 0 radical (unpaired) electrons. The van der Waals surface area contributed by atoms with Gasteiger partial charge in [0.15, 0.2) is 0 Å². The molecule has 0 spiro atoms. The van der Waals surface area contributed by atoms with Gasteiger partial charge in [-0.25, -0.2) is 4.98 Å². The second-order valence-corrected chi connectivity index (χ2v) is 8.15. The van der Waals surface area contributed by atoms with Gasteiger partial charge in [0, 0.05) is 38.0 Å². The van der Waals surface area contributed by atoms with E-state index in [1.54, 1.807) is 6.20 Å². The van der Waals surface area contributed by atoms with Crippen LogP contribution in [0.3, 0.4) is 0 Å². The lowest BCUT2D eigenvalue weighted by molar-refractivity contribution is 0.0714. The predicted octanol–water partition coefficient (Wildman–Crippen LogP) is 2.40. The molecule has 4 heterocycles. The van der Waals surface area contributed by atoms with Crippen LogP contribution in [0.25, 0.3) is 0 Å². The predicted molar refractivity (Wildman–Crippen MR) is 103 cm³/mol. The zero-order chi connectivity index (χ0) is 17.4. The summed E-state index contributed by atoms with van der Waals surface area (Å²) in [6.45, 7) is 8.47. The van der Waals surface area contributed by atoms with Gasteiger partial charge in [-0.2, -0.15) is 0 Å². The molecule has 2 aliphatic heterocycles. The molecule has 2 aliphatic rings. The highest BCUT2D eigenvalue weighted by atomic mass is 35.5. The third-order valence-electron chi connectivity index (χ3n) is 5.03. The van der Waals surface area contributed by atoms with Gasteiger partial charge in [0.1, 0.15) is 16.5 Å². The van der Waals surface area contributed by atoms with Gasteiger partial charge >= 0.3 is 0 Å². The average molecular weight is 397 g/mol. The number of hydrogen-bond acceptors (Lipinski definition) is 6. The van der Waals surface area contributed by atoms with Crippen molar-refractivity contribution in [1.29, 1.82) is 0 Å². The van der Waals surface area contributed by atoms with E-state index in [2.05, 4.69) is 38.9 Å². The minimum atomic E-state index is 0. The maximum atomic E-state index is 12.7. The van der Waals surface area contributed by atoms with E-state index in [1.807, 2.05) is 4.90 Å². The number of carbonyl (C=O) groups excluding carboxylic acids is 1. The molecule has 9 heteroatoms. The Morgan fingerprint density at radius 1 is 1.27 bits per heavy atom. The number of piperidine rings is 1. The average Bonchev–Trinajstić information content (AvgIpc) is 3.29. The summed E-state index contributed by atoms with van der Waals surface area (Å²) in [5.74, 6) is 3.02. The topological polar surface area (TPSA) is 75.9 Å². The summed E-state index contributed by atoms with van der Waals surface area (Å²) in [6.07, 6.45) is 3.64. The number of nitrogens with one attached hydrogen (secondary N) is 1. The van der Waals surface area contributed by atoms with Gasteiger partial charge in [-0.1, -0.05) is 13.8 Å². The lowest BCUT2D eigenvalue weighted by atomic mass is 9.95. The number of aromatic nitrogens is 4. The van der Waals surface area contributed by atoms with Gasteiger partial charge in [-0.05, 0) is 12.8 Å². The van der Waals surface area contributed by atoms with Crippen molar-refractivity contribution in [2.24, 2.45) is 0 Å². The van der Waals surface area contributed by atoms with Crippen molar-refractivity contribution in [3.8, 4) is 0 Å². The minimum Gasteiger partial charge on any atom is -0.338 e. The molecule has 0 aromatic carbocycles. The Labute approximate surface area is 163 Å². The van der Waals surface area contributed by atoms with Crippen LogP contribution in [0.15, 0.2) is 6.20 Å². The number of likely N-dealkylation sites (tertiary alicyclic amines) is 1. The summed E-state index contributed by atoms with van der Waals surface area (Å²) >= 11 is 1.52. The van der Waals surface area contributed by atoms with E-state index in [0.717, 1.165) is 67.1 Å². The molecule has 26 heavy (non-hydrogen) atoms. The molecule has 0 aliphatic carbocycles. The summed E-state index contributed by atoms with van der Waals surface area (Å²) in [4.78, 5) is 19.8. The van der Waals surface area contributed by atoms with Gasteiger partial charge < -0.3 is 14.8 Å². The minimum absolute atomic E-state index is 0. The van der Waals surface area contributed by atoms with Crippen molar-refractivity contribution in [1.82, 2.24) is 30.0 Å². The molecular weight excluding hydrogens is 372 g/mol. The van der Waals surface area contributed by atoms with E-state index >= 15 is 0 Å². The highest BCUT2D eigenvalue weighted by molar-refractivity contribution is 7.13. The summed E-state index contributed by atoms with van der Waals surface area (Å²) < 4.78 is 2.26. The molecule has 0 atom stereocenters. The van der Waals surface area contributed by atoms with Crippen LogP contribution in [0, 0.1) is 0 Å². The molecule has 1 amide bonds. The lowest BCUT2D eigenvalue weighted by Crippen LogP contribution is -2.38. The van der Waals surface area contributed by atoms with Crippen LogP contribution in [-0.4, -0.2) is 50.2 Å². The summed E-state index contributed by atoms with van der Waals surface area (Å²) in [5, 5.41) is 13.1. The number of carbonyl (C=O) groups is 1. The fourth-order valence-electron chi connectivity index (χ4n) is 3.57. The Hall–Kier alpha value is -1.51. The highest BCUT2D eigenvalue weighted by Crippen LogP contribution is 2.29. The molecule has 1 N–H and O–H groups in total. The third kappa shape index (κ3) is 3.63. The largest absolute Gasteiger partial charge is 0.338 e. The number of amides is 1. The van der Waals surface area contributed by atoms with Crippen molar-refractivity contribution < 1.29 is 4.79 Å². The van der Waals surface area contributed by atoms with E-state index in [1.165, 1.54) is 11.3 Å². The monoisotopic (exact) mass is 396 g/mol. The number of rotatable bonds is 3. The Morgan fingerprint density at radius 3 is 2.73 bits per heavy atom. The Kier molecular flexibility index (Phi) is 5.94. The van der Waals surface area contributed by atoms with Crippen LogP contribution < -0.4 is 5.32 Å². The first-order valence-electron chi connectivity index (χ1n) is 9.01. The van der Waals surface area contributed by atoms with Gasteiger partial charge in [0.2, 0.25) is 0 Å². The summed E-state index contributed by atoms with van der Waals surface area (Å²) in [6, 6.07) is 0. The third-order valence-corrected chi connectivity index (χ3v) is 6.31. The van der Waals surface area contributed by atoms with Crippen LogP contribution in [0.1, 0.15) is 64.9 Å². The van der Waals surface area contributed by atoms with E-state index in [-0.39, 0.29) is 18.3 Å². The van der Waals surface area contributed by atoms with Crippen molar-refractivity contribution in [3.05, 3.63) is 27.7 Å². The van der Waals surface area contributed by atoms with E-state index in [9.17, 15) is 4.79 Å². The zero-order valence-electron chi connectivity index (χ0n) is 15.1. The molecule has 0 bridgehead atoms. The molecule has 0 unspecified atom stereocenters. The normalized spacial score (nSPS) is 17.9. The summed E-state index contributed by atoms with van der Waals surface area (Å²) in [5.41, 5.74) is 0. The first-order valence-corrected chi connectivity index (χ1v) is 9.83. The standard InChI is InChI=1S/C17H24N6OS.ClH/c1-11(2)16-19-9-13(25-16)17(24)22-6-3-12(4-7-22)15-21-20-14-10-18-5-8-23(14)15;/h9,11-12,18H,3-8,10H2,1-2H3;1H. The Bertz CT molecular complexity index is 765. The molecule has 1 saturated heterocycles. The first-order chi connectivity index (χ1) is 12.1.